The van der Waals surface area contributed by atoms with E-state index in [0.29, 0.717) is 18.9 Å². The zero-order valence-electron chi connectivity index (χ0n) is 18.1. The fourth-order valence-corrected chi connectivity index (χ4v) is 4.44. The van der Waals surface area contributed by atoms with Crippen molar-refractivity contribution in [3.63, 3.8) is 0 Å². The third-order valence-corrected chi connectivity index (χ3v) is 5.99. The van der Waals surface area contributed by atoms with E-state index in [9.17, 15) is 4.79 Å². The molecule has 1 fully saturated rings. The normalized spacial score (nSPS) is 16.6. The zero-order valence-corrected chi connectivity index (χ0v) is 18.1. The lowest BCUT2D eigenvalue weighted by Gasteiger charge is -2.31. The molecule has 5 heteroatoms. The minimum Gasteiger partial charge on any atom is -0.497 e. The van der Waals surface area contributed by atoms with Crippen molar-refractivity contribution in [2.45, 2.75) is 32.7 Å². The molecule has 0 spiro atoms. The van der Waals surface area contributed by atoms with E-state index in [0.717, 1.165) is 53.0 Å². The van der Waals surface area contributed by atoms with Gasteiger partial charge in [-0.2, -0.15) is 0 Å². The first-order valence-electron chi connectivity index (χ1n) is 10.6. The van der Waals surface area contributed by atoms with Gasteiger partial charge in [-0.25, -0.2) is 0 Å². The maximum Gasteiger partial charge on any atom is 0.227 e. The molecule has 30 heavy (non-hydrogen) atoms. The van der Waals surface area contributed by atoms with Crippen molar-refractivity contribution in [1.82, 2.24) is 9.47 Å². The highest BCUT2D eigenvalue weighted by Crippen LogP contribution is 2.27. The summed E-state index contributed by atoms with van der Waals surface area (Å²) in [6, 6.07) is 14.2. The van der Waals surface area contributed by atoms with Gasteiger partial charge in [0, 0.05) is 42.8 Å². The molecule has 4 rings (SSSR count). The molecule has 1 saturated heterocycles. The van der Waals surface area contributed by atoms with Crippen LogP contribution in [-0.4, -0.2) is 42.7 Å². The van der Waals surface area contributed by atoms with E-state index in [-0.39, 0.29) is 5.91 Å². The summed E-state index contributed by atoms with van der Waals surface area (Å²) in [6.45, 7) is 4.67. The molecule has 0 aliphatic carbocycles. The molecule has 0 saturated carbocycles. The van der Waals surface area contributed by atoms with Crippen LogP contribution >= 0.6 is 0 Å². The number of hydrogen-bond acceptors (Lipinski definition) is 3. The molecule has 3 aromatic rings. The number of para-hydroxylation sites is 1. The van der Waals surface area contributed by atoms with E-state index in [4.69, 9.17) is 9.47 Å². The molecule has 1 atom stereocenters. The Bertz CT molecular complexity index is 1020. The second-order valence-electron chi connectivity index (χ2n) is 8.28. The summed E-state index contributed by atoms with van der Waals surface area (Å²) >= 11 is 0. The molecule has 5 nitrogen and oxygen atoms in total. The van der Waals surface area contributed by atoms with E-state index >= 15 is 0 Å². The number of fused-ring (bicyclic) bond motifs is 1. The second kappa shape index (κ2) is 8.82. The first kappa shape index (κ1) is 20.3. The van der Waals surface area contributed by atoms with Gasteiger partial charge in [0.2, 0.25) is 5.91 Å². The molecule has 1 aromatic heterocycles. The Hall–Kier alpha value is -2.95. The van der Waals surface area contributed by atoms with Crippen LogP contribution in [0.25, 0.3) is 10.9 Å². The number of aromatic nitrogens is 1. The van der Waals surface area contributed by atoms with Gasteiger partial charge in [-0.1, -0.05) is 25.1 Å². The number of nitrogens with zero attached hydrogens (tertiary/aromatic N) is 2. The molecule has 0 bridgehead atoms. The number of benzene rings is 2. The summed E-state index contributed by atoms with van der Waals surface area (Å²) in [7, 11) is 3.32. The number of piperidine rings is 1. The van der Waals surface area contributed by atoms with Crippen molar-refractivity contribution in [3.8, 4) is 11.5 Å². The Balaban J connectivity index is 1.62. The number of carbonyl (C=O) groups excluding carboxylic acids is 1. The predicted octanol–water partition coefficient (Wildman–Crippen LogP) is 4.51. The molecule has 1 amide bonds. The number of carbonyl (C=O) groups is 1. The van der Waals surface area contributed by atoms with Crippen molar-refractivity contribution in [1.29, 1.82) is 0 Å². The molecule has 1 aliphatic rings. The number of likely N-dealkylation sites (tertiary alicyclic amines) is 1. The molecule has 0 radical (unpaired) electrons. The average molecular weight is 407 g/mol. The van der Waals surface area contributed by atoms with Crippen LogP contribution in [0.5, 0.6) is 11.5 Å². The first-order valence-corrected chi connectivity index (χ1v) is 10.6. The number of hydrogen-bond donors (Lipinski definition) is 0. The van der Waals surface area contributed by atoms with Crippen molar-refractivity contribution in [3.05, 3.63) is 59.8 Å². The van der Waals surface area contributed by atoms with Crippen LogP contribution in [0, 0.1) is 5.92 Å². The van der Waals surface area contributed by atoms with Gasteiger partial charge in [0.25, 0.3) is 0 Å². The molecule has 0 N–H and O–H groups in total. The van der Waals surface area contributed by atoms with Crippen LogP contribution in [0.15, 0.2) is 48.7 Å². The third kappa shape index (κ3) is 4.30. The Morgan fingerprint density at radius 3 is 2.53 bits per heavy atom. The summed E-state index contributed by atoms with van der Waals surface area (Å²) in [4.78, 5) is 15.0. The SMILES string of the molecule is COc1cc(Cn2cc(CC(=O)N3CCCC(C)C3)c3ccccc32)cc(OC)c1. The Labute approximate surface area is 178 Å². The fourth-order valence-electron chi connectivity index (χ4n) is 4.44. The largest absolute Gasteiger partial charge is 0.497 e. The number of amides is 1. The first-order chi connectivity index (χ1) is 14.6. The molecule has 158 valence electrons. The Morgan fingerprint density at radius 2 is 1.83 bits per heavy atom. The summed E-state index contributed by atoms with van der Waals surface area (Å²) in [5, 5.41) is 1.14. The fraction of sp³-hybridized carbons (Fsp3) is 0.400. The van der Waals surface area contributed by atoms with Gasteiger partial charge in [0.1, 0.15) is 11.5 Å². The number of methoxy groups -OCH3 is 2. The number of ether oxygens (including phenoxy) is 2. The van der Waals surface area contributed by atoms with Gasteiger partial charge in [-0.15, -0.1) is 0 Å². The lowest BCUT2D eigenvalue weighted by atomic mass is 9.99. The van der Waals surface area contributed by atoms with E-state index in [1.54, 1.807) is 14.2 Å². The zero-order chi connectivity index (χ0) is 21.1. The minimum atomic E-state index is 0.229. The van der Waals surface area contributed by atoms with Crippen LogP contribution in [0.2, 0.25) is 0 Å². The van der Waals surface area contributed by atoms with E-state index in [1.807, 2.05) is 35.2 Å². The summed E-state index contributed by atoms with van der Waals surface area (Å²) in [5.74, 6) is 2.37. The predicted molar refractivity (Wildman–Crippen MR) is 119 cm³/mol. The average Bonchev–Trinajstić information content (AvgIpc) is 3.10. The van der Waals surface area contributed by atoms with Crippen LogP contribution in [0.4, 0.5) is 0 Å². The summed E-state index contributed by atoms with van der Waals surface area (Å²) in [6.07, 6.45) is 4.89. The molecule has 1 unspecified atom stereocenters. The minimum absolute atomic E-state index is 0.229. The van der Waals surface area contributed by atoms with E-state index in [2.05, 4.69) is 29.8 Å². The van der Waals surface area contributed by atoms with Gasteiger partial charge < -0.3 is 18.9 Å². The quantitative estimate of drug-likeness (QED) is 0.605. The topological polar surface area (TPSA) is 43.7 Å². The second-order valence-corrected chi connectivity index (χ2v) is 8.28. The van der Waals surface area contributed by atoms with Gasteiger partial charge in [0.15, 0.2) is 0 Å². The molecule has 2 aromatic carbocycles. The standard InChI is InChI=1S/C25H30N2O3/c1-18-7-6-10-26(15-18)25(28)13-20-17-27(24-9-5-4-8-23(20)24)16-19-11-21(29-2)14-22(12-19)30-3/h4-5,8-9,11-12,14,17-18H,6-7,10,13,15-16H2,1-3H3. The van der Waals surface area contributed by atoms with Crippen LogP contribution in [-0.2, 0) is 17.8 Å². The van der Waals surface area contributed by atoms with Gasteiger partial charge in [-0.3, -0.25) is 4.79 Å². The van der Waals surface area contributed by atoms with Gasteiger partial charge in [0.05, 0.1) is 20.6 Å². The van der Waals surface area contributed by atoms with Crippen LogP contribution in [0.3, 0.4) is 0 Å². The Morgan fingerprint density at radius 1 is 1.10 bits per heavy atom. The maximum absolute atomic E-state index is 13.0. The van der Waals surface area contributed by atoms with Crippen molar-refractivity contribution in [2.24, 2.45) is 5.92 Å². The van der Waals surface area contributed by atoms with Gasteiger partial charge in [-0.05, 0) is 48.1 Å². The molecule has 2 heterocycles. The Kier molecular flexibility index (Phi) is 5.98. The van der Waals surface area contributed by atoms with Crippen molar-refractivity contribution in [2.75, 3.05) is 27.3 Å². The summed E-state index contributed by atoms with van der Waals surface area (Å²) < 4.78 is 13.0. The monoisotopic (exact) mass is 406 g/mol. The highest BCUT2D eigenvalue weighted by Gasteiger charge is 2.22. The lowest BCUT2D eigenvalue weighted by Crippen LogP contribution is -2.39. The molecule has 1 aliphatic heterocycles. The van der Waals surface area contributed by atoms with Crippen LogP contribution < -0.4 is 9.47 Å². The highest BCUT2D eigenvalue weighted by atomic mass is 16.5. The van der Waals surface area contributed by atoms with Crippen LogP contribution in [0.1, 0.15) is 30.9 Å². The summed E-state index contributed by atoms with van der Waals surface area (Å²) in [5.41, 5.74) is 3.31. The third-order valence-electron chi connectivity index (χ3n) is 5.99. The number of rotatable bonds is 6. The smallest absolute Gasteiger partial charge is 0.227 e. The maximum atomic E-state index is 13.0. The van der Waals surface area contributed by atoms with Gasteiger partial charge >= 0.3 is 0 Å². The van der Waals surface area contributed by atoms with Crippen molar-refractivity contribution >= 4 is 16.8 Å². The lowest BCUT2D eigenvalue weighted by molar-refractivity contribution is -0.132. The van der Waals surface area contributed by atoms with Crippen molar-refractivity contribution < 1.29 is 14.3 Å². The molecular weight excluding hydrogens is 376 g/mol. The highest BCUT2D eigenvalue weighted by molar-refractivity contribution is 5.89. The van der Waals surface area contributed by atoms with E-state index < -0.39 is 0 Å². The molecular formula is C25H30N2O3. The van der Waals surface area contributed by atoms with E-state index in [1.165, 1.54) is 6.42 Å².